The quantitative estimate of drug-likeness (QED) is 0.831. The van der Waals surface area contributed by atoms with Gasteiger partial charge in [0.2, 0.25) is 0 Å². The Labute approximate surface area is 111 Å². The third-order valence-corrected chi connectivity index (χ3v) is 2.46. The van der Waals surface area contributed by atoms with Crippen LogP contribution in [0.1, 0.15) is 24.2 Å². The van der Waals surface area contributed by atoms with Crippen molar-refractivity contribution in [2.75, 3.05) is 18.5 Å². The highest BCUT2D eigenvalue weighted by atomic mass is 16.5. The summed E-state index contributed by atoms with van der Waals surface area (Å²) in [5, 5.41) is 7.27. The maximum Gasteiger partial charge on any atom is 0.341 e. The predicted molar refractivity (Wildman–Crippen MR) is 71.5 cm³/mol. The Hall–Kier alpha value is -2.37. The van der Waals surface area contributed by atoms with Gasteiger partial charge in [-0.2, -0.15) is 5.10 Å². The predicted octanol–water partition coefficient (Wildman–Crippen LogP) is 1.88. The molecule has 0 bridgehead atoms. The van der Waals surface area contributed by atoms with Gasteiger partial charge in [0.15, 0.2) is 0 Å². The fourth-order valence-electron chi connectivity index (χ4n) is 1.62. The minimum absolute atomic E-state index is 0.351. The first-order chi connectivity index (χ1) is 9.24. The number of carbonyl (C=O) groups excluding carboxylic acids is 1. The molecule has 0 spiro atoms. The summed E-state index contributed by atoms with van der Waals surface area (Å²) in [7, 11) is 0. The van der Waals surface area contributed by atoms with Crippen molar-refractivity contribution < 1.29 is 9.53 Å². The maximum absolute atomic E-state index is 11.6. The number of pyridine rings is 1. The highest BCUT2D eigenvalue weighted by Gasteiger charge is 2.10. The second kappa shape index (κ2) is 5.99. The molecule has 2 aromatic rings. The molecule has 0 saturated carbocycles. The molecule has 0 aromatic carbocycles. The third kappa shape index (κ3) is 3.09. The smallest absolute Gasteiger partial charge is 0.341 e. The van der Waals surface area contributed by atoms with Crippen LogP contribution >= 0.6 is 0 Å². The van der Waals surface area contributed by atoms with Crippen molar-refractivity contribution in [3.8, 4) is 5.69 Å². The molecule has 0 radical (unpaired) electrons. The third-order valence-electron chi connectivity index (χ3n) is 2.46. The normalized spacial score (nSPS) is 10.2. The summed E-state index contributed by atoms with van der Waals surface area (Å²) < 4.78 is 6.54. The van der Waals surface area contributed by atoms with E-state index >= 15 is 0 Å². The minimum Gasteiger partial charge on any atom is -0.462 e. The van der Waals surface area contributed by atoms with Crippen LogP contribution in [0.3, 0.4) is 0 Å². The number of anilines is 1. The molecule has 2 aromatic heterocycles. The van der Waals surface area contributed by atoms with E-state index in [0.29, 0.717) is 12.2 Å². The van der Waals surface area contributed by atoms with E-state index in [-0.39, 0.29) is 5.97 Å². The van der Waals surface area contributed by atoms with Crippen LogP contribution in [0, 0.1) is 0 Å². The van der Waals surface area contributed by atoms with Crippen molar-refractivity contribution in [3.05, 3.63) is 36.3 Å². The standard InChI is InChI=1S/C13H16N4O2/c1-3-14-12-7-11(5-6-15-12)17-9-10(8-16-17)13(18)19-4-2/h5-9H,3-4H2,1-2H3,(H,14,15). The molecule has 0 saturated heterocycles. The molecule has 0 aliphatic rings. The number of rotatable bonds is 5. The number of carbonyl (C=O) groups is 1. The lowest BCUT2D eigenvalue weighted by atomic mass is 10.3. The van der Waals surface area contributed by atoms with Gasteiger partial charge in [-0.15, -0.1) is 0 Å². The van der Waals surface area contributed by atoms with Gasteiger partial charge in [-0.05, 0) is 19.9 Å². The highest BCUT2D eigenvalue weighted by Crippen LogP contribution is 2.12. The molecular weight excluding hydrogens is 244 g/mol. The first kappa shape index (κ1) is 13.1. The van der Waals surface area contributed by atoms with E-state index < -0.39 is 0 Å². The number of esters is 1. The number of hydrogen-bond donors (Lipinski definition) is 1. The molecule has 2 rings (SSSR count). The SMILES string of the molecule is CCNc1cc(-n2cc(C(=O)OCC)cn2)ccn1. The molecular formula is C13H16N4O2. The molecule has 6 nitrogen and oxygen atoms in total. The van der Waals surface area contributed by atoms with Crippen LogP contribution in [0.15, 0.2) is 30.7 Å². The highest BCUT2D eigenvalue weighted by molar-refractivity contribution is 5.88. The summed E-state index contributed by atoms with van der Waals surface area (Å²) in [6.45, 7) is 4.92. The van der Waals surface area contributed by atoms with Crippen LogP contribution in [0.5, 0.6) is 0 Å². The van der Waals surface area contributed by atoms with E-state index in [1.807, 2.05) is 19.1 Å². The van der Waals surface area contributed by atoms with Crippen molar-refractivity contribution >= 4 is 11.8 Å². The number of hydrogen-bond acceptors (Lipinski definition) is 5. The van der Waals surface area contributed by atoms with E-state index in [0.717, 1.165) is 18.1 Å². The molecule has 0 fully saturated rings. The molecule has 0 atom stereocenters. The van der Waals surface area contributed by atoms with Crippen LogP contribution in [-0.4, -0.2) is 33.9 Å². The Morgan fingerprint density at radius 3 is 3.05 bits per heavy atom. The lowest BCUT2D eigenvalue weighted by Crippen LogP contribution is -2.03. The number of aromatic nitrogens is 3. The van der Waals surface area contributed by atoms with Crippen LogP contribution in [-0.2, 0) is 4.74 Å². The van der Waals surface area contributed by atoms with Crippen LogP contribution in [0.4, 0.5) is 5.82 Å². The van der Waals surface area contributed by atoms with E-state index in [1.165, 1.54) is 6.20 Å². The molecule has 1 N–H and O–H groups in total. The summed E-state index contributed by atoms with van der Waals surface area (Å²) in [5.74, 6) is 0.405. The molecule has 100 valence electrons. The zero-order valence-electron chi connectivity index (χ0n) is 11.0. The number of ether oxygens (including phenoxy) is 1. The lowest BCUT2D eigenvalue weighted by molar-refractivity contribution is 0.0526. The van der Waals surface area contributed by atoms with Crippen molar-refractivity contribution in [2.45, 2.75) is 13.8 Å². The van der Waals surface area contributed by atoms with Gasteiger partial charge in [0, 0.05) is 25.0 Å². The van der Waals surface area contributed by atoms with Gasteiger partial charge < -0.3 is 10.1 Å². The van der Waals surface area contributed by atoms with Crippen LogP contribution < -0.4 is 5.32 Å². The number of nitrogens with one attached hydrogen (secondary N) is 1. The van der Waals surface area contributed by atoms with Crippen LogP contribution in [0.25, 0.3) is 5.69 Å². The molecule has 0 unspecified atom stereocenters. The Balaban J connectivity index is 2.22. The zero-order chi connectivity index (χ0) is 13.7. The van der Waals surface area contributed by atoms with Gasteiger partial charge >= 0.3 is 5.97 Å². The van der Waals surface area contributed by atoms with Crippen molar-refractivity contribution in [3.63, 3.8) is 0 Å². The van der Waals surface area contributed by atoms with Crippen molar-refractivity contribution in [1.29, 1.82) is 0 Å². The van der Waals surface area contributed by atoms with E-state index in [4.69, 9.17) is 4.74 Å². The Kier molecular flexibility index (Phi) is 4.12. The summed E-state index contributed by atoms with van der Waals surface area (Å²) in [6.07, 6.45) is 4.83. The second-order valence-corrected chi connectivity index (χ2v) is 3.82. The minimum atomic E-state index is -0.366. The largest absolute Gasteiger partial charge is 0.462 e. The summed E-state index contributed by atoms with van der Waals surface area (Å²) in [6, 6.07) is 3.69. The first-order valence-electron chi connectivity index (χ1n) is 6.16. The molecule has 19 heavy (non-hydrogen) atoms. The van der Waals surface area contributed by atoms with E-state index in [9.17, 15) is 4.79 Å². The number of nitrogens with zero attached hydrogens (tertiary/aromatic N) is 3. The van der Waals surface area contributed by atoms with Gasteiger partial charge in [0.1, 0.15) is 5.82 Å². The monoisotopic (exact) mass is 260 g/mol. The fraction of sp³-hybridized carbons (Fsp3) is 0.308. The zero-order valence-corrected chi connectivity index (χ0v) is 11.0. The van der Waals surface area contributed by atoms with Crippen LogP contribution in [0.2, 0.25) is 0 Å². The van der Waals surface area contributed by atoms with Crippen molar-refractivity contribution in [1.82, 2.24) is 14.8 Å². The van der Waals surface area contributed by atoms with Gasteiger partial charge in [0.05, 0.1) is 24.1 Å². The van der Waals surface area contributed by atoms with Gasteiger partial charge in [-0.25, -0.2) is 14.5 Å². The van der Waals surface area contributed by atoms with Gasteiger partial charge in [-0.1, -0.05) is 0 Å². The average Bonchev–Trinajstić information content (AvgIpc) is 2.89. The Morgan fingerprint density at radius 1 is 1.47 bits per heavy atom. The molecule has 6 heteroatoms. The topological polar surface area (TPSA) is 69.0 Å². The summed E-state index contributed by atoms with van der Waals surface area (Å²) in [4.78, 5) is 15.7. The second-order valence-electron chi connectivity index (χ2n) is 3.82. The van der Waals surface area contributed by atoms with E-state index in [2.05, 4.69) is 15.4 Å². The fourth-order valence-corrected chi connectivity index (χ4v) is 1.62. The summed E-state index contributed by atoms with van der Waals surface area (Å²) in [5.41, 5.74) is 1.27. The molecule has 0 aliphatic heterocycles. The van der Waals surface area contributed by atoms with Gasteiger partial charge in [0.25, 0.3) is 0 Å². The van der Waals surface area contributed by atoms with Gasteiger partial charge in [-0.3, -0.25) is 0 Å². The Morgan fingerprint density at radius 2 is 2.32 bits per heavy atom. The average molecular weight is 260 g/mol. The maximum atomic E-state index is 11.6. The van der Waals surface area contributed by atoms with E-state index in [1.54, 1.807) is 24.0 Å². The molecule has 0 aliphatic carbocycles. The lowest BCUT2D eigenvalue weighted by Gasteiger charge is -2.05. The summed E-state index contributed by atoms with van der Waals surface area (Å²) >= 11 is 0. The van der Waals surface area contributed by atoms with Crippen molar-refractivity contribution in [2.24, 2.45) is 0 Å². The first-order valence-corrected chi connectivity index (χ1v) is 6.16. The molecule has 0 amide bonds. The Bertz CT molecular complexity index is 565. The molecule has 2 heterocycles.